The van der Waals surface area contributed by atoms with Crippen molar-refractivity contribution in [3.05, 3.63) is 39.9 Å². The smallest absolute Gasteiger partial charge is 0.325 e. The molecule has 0 saturated carbocycles. The van der Waals surface area contributed by atoms with E-state index in [0.717, 1.165) is 4.90 Å². The van der Waals surface area contributed by atoms with Crippen LogP contribution in [0.1, 0.15) is 10.4 Å². The molecule has 0 unspecified atom stereocenters. The zero-order valence-electron chi connectivity index (χ0n) is 9.66. The molecule has 1 aromatic rings. The molecule has 0 bridgehead atoms. The highest BCUT2D eigenvalue weighted by Crippen LogP contribution is 2.13. The third-order valence-electron chi connectivity index (χ3n) is 2.64. The van der Waals surface area contributed by atoms with Crippen molar-refractivity contribution in [3.63, 3.8) is 0 Å². The first-order chi connectivity index (χ1) is 8.99. The minimum atomic E-state index is -0.611. The van der Waals surface area contributed by atoms with Crippen LogP contribution in [0.2, 0.25) is 0 Å². The van der Waals surface area contributed by atoms with E-state index in [9.17, 15) is 24.5 Å². The maximum atomic E-state index is 11.8. The third kappa shape index (κ3) is 2.57. The molecule has 1 heterocycles. The van der Waals surface area contributed by atoms with Crippen molar-refractivity contribution in [2.24, 2.45) is 0 Å². The summed E-state index contributed by atoms with van der Waals surface area (Å²) in [5.41, 5.74) is 0.0737. The summed E-state index contributed by atoms with van der Waals surface area (Å²) in [5, 5.41) is 12.8. The van der Waals surface area contributed by atoms with Crippen molar-refractivity contribution in [3.8, 4) is 0 Å². The Balaban J connectivity index is 2.09. The number of nitrogens with zero attached hydrogens (tertiary/aromatic N) is 2. The molecular formula is C11H9N3O5. The average molecular weight is 263 g/mol. The van der Waals surface area contributed by atoms with Gasteiger partial charge in [0.05, 0.1) is 18.0 Å². The van der Waals surface area contributed by atoms with Crippen molar-refractivity contribution >= 4 is 23.4 Å². The molecule has 19 heavy (non-hydrogen) atoms. The van der Waals surface area contributed by atoms with E-state index in [-0.39, 0.29) is 24.3 Å². The van der Waals surface area contributed by atoms with Crippen molar-refractivity contribution in [2.45, 2.75) is 0 Å². The highest BCUT2D eigenvalue weighted by atomic mass is 16.6. The summed E-state index contributed by atoms with van der Waals surface area (Å²) < 4.78 is 0. The molecule has 3 amide bonds. The summed E-state index contributed by atoms with van der Waals surface area (Å²) in [5.74, 6) is -0.930. The maximum absolute atomic E-state index is 11.8. The Morgan fingerprint density at radius 1 is 1.32 bits per heavy atom. The van der Waals surface area contributed by atoms with Gasteiger partial charge in [0.1, 0.15) is 0 Å². The van der Waals surface area contributed by atoms with E-state index in [2.05, 4.69) is 5.32 Å². The van der Waals surface area contributed by atoms with Gasteiger partial charge in [-0.2, -0.15) is 0 Å². The number of hydrogen-bond acceptors (Lipinski definition) is 5. The minimum Gasteiger partial charge on any atom is -0.329 e. The summed E-state index contributed by atoms with van der Waals surface area (Å²) in [7, 11) is 0. The van der Waals surface area contributed by atoms with Crippen LogP contribution in [-0.4, -0.2) is 40.6 Å². The number of hydrogen-bond donors (Lipinski definition) is 1. The second-order valence-corrected chi connectivity index (χ2v) is 3.87. The SMILES string of the molecule is O=C(CN1C(=O)CNC1=O)c1ccc([N+](=O)[O-])cc1. The first-order valence-electron chi connectivity index (χ1n) is 5.35. The fourth-order valence-corrected chi connectivity index (χ4v) is 1.62. The first-order valence-corrected chi connectivity index (χ1v) is 5.35. The lowest BCUT2D eigenvalue weighted by molar-refractivity contribution is -0.384. The van der Waals surface area contributed by atoms with Gasteiger partial charge in [-0.05, 0) is 12.1 Å². The Morgan fingerprint density at radius 3 is 2.42 bits per heavy atom. The summed E-state index contributed by atoms with van der Waals surface area (Å²) in [4.78, 5) is 45.1. The van der Waals surface area contributed by atoms with Gasteiger partial charge >= 0.3 is 6.03 Å². The Kier molecular flexibility index (Phi) is 3.23. The Hall–Kier alpha value is -2.77. The molecule has 98 valence electrons. The number of carbonyl (C=O) groups excluding carboxylic acids is 3. The monoisotopic (exact) mass is 263 g/mol. The average Bonchev–Trinajstić information content (AvgIpc) is 2.70. The number of rotatable bonds is 4. The molecule has 8 heteroatoms. The molecule has 0 aromatic heterocycles. The van der Waals surface area contributed by atoms with Gasteiger partial charge in [-0.15, -0.1) is 0 Å². The van der Waals surface area contributed by atoms with E-state index >= 15 is 0 Å². The van der Waals surface area contributed by atoms with Gasteiger partial charge in [-0.3, -0.25) is 24.6 Å². The van der Waals surface area contributed by atoms with Crippen molar-refractivity contribution < 1.29 is 19.3 Å². The van der Waals surface area contributed by atoms with Crippen LogP contribution in [0.3, 0.4) is 0 Å². The van der Waals surface area contributed by atoms with Crippen LogP contribution in [-0.2, 0) is 4.79 Å². The molecule has 0 spiro atoms. The number of ketones is 1. The number of non-ortho nitro benzene ring substituents is 1. The van der Waals surface area contributed by atoms with E-state index < -0.39 is 22.6 Å². The van der Waals surface area contributed by atoms with Gasteiger partial charge in [0.25, 0.3) is 5.69 Å². The van der Waals surface area contributed by atoms with E-state index in [4.69, 9.17) is 0 Å². The predicted molar refractivity (Wildman–Crippen MR) is 62.5 cm³/mol. The van der Waals surface area contributed by atoms with E-state index in [0.29, 0.717) is 0 Å². The number of urea groups is 1. The quantitative estimate of drug-likeness (QED) is 0.364. The fraction of sp³-hybridized carbons (Fsp3) is 0.182. The Bertz CT molecular complexity index is 550. The summed E-state index contributed by atoms with van der Waals surface area (Å²) in [6.07, 6.45) is 0. The lowest BCUT2D eigenvalue weighted by atomic mass is 10.1. The van der Waals surface area contributed by atoms with E-state index in [1.54, 1.807) is 0 Å². The first kappa shape index (κ1) is 12.7. The normalized spacial score (nSPS) is 14.4. The summed E-state index contributed by atoms with van der Waals surface area (Å²) >= 11 is 0. The number of nitrogens with one attached hydrogen (secondary N) is 1. The number of nitro benzene ring substituents is 1. The molecule has 1 fully saturated rings. The molecule has 0 radical (unpaired) electrons. The lowest BCUT2D eigenvalue weighted by Gasteiger charge is -2.10. The van der Waals surface area contributed by atoms with Gasteiger partial charge in [0.2, 0.25) is 5.91 Å². The highest BCUT2D eigenvalue weighted by molar-refractivity contribution is 6.07. The van der Waals surface area contributed by atoms with Gasteiger partial charge in [0.15, 0.2) is 5.78 Å². The van der Waals surface area contributed by atoms with Crippen molar-refractivity contribution in [2.75, 3.05) is 13.1 Å². The number of benzene rings is 1. The van der Waals surface area contributed by atoms with Gasteiger partial charge < -0.3 is 5.32 Å². The number of Topliss-reactive ketones (excluding diaryl/α,β-unsaturated/α-hetero) is 1. The zero-order valence-corrected chi connectivity index (χ0v) is 9.66. The molecule has 0 atom stereocenters. The summed E-state index contributed by atoms with van der Waals surface area (Å²) in [6, 6.07) is 4.36. The van der Waals surface area contributed by atoms with Crippen LogP contribution in [0.5, 0.6) is 0 Å². The molecule has 8 nitrogen and oxygen atoms in total. The largest absolute Gasteiger partial charge is 0.329 e. The zero-order chi connectivity index (χ0) is 14.0. The minimum absolute atomic E-state index is 0.119. The van der Waals surface area contributed by atoms with Crippen LogP contribution in [0.15, 0.2) is 24.3 Å². The molecule has 1 saturated heterocycles. The molecule has 1 N–H and O–H groups in total. The number of nitro groups is 1. The predicted octanol–water partition coefficient (Wildman–Crippen LogP) is 0.329. The second kappa shape index (κ2) is 4.84. The van der Waals surface area contributed by atoms with E-state index in [1.165, 1.54) is 24.3 Å². The molecule has 1 aromatic carbocycles. The van der Waals surface area contributed by atoms with Crippen molar-refractivity contribution in [1.82, 2.24) is 10.2 Å². The number of amides is 3. The maximum Gasteiger partial charge on any atom is 0.325 e. The highest BCUT2D eigenvalue weighted by Gasteiger charge is 2.30. The van der Waals surface area contributed by atoms with Gasteiger partial charge in [-0.25, -0.2) is 4.79 Å². The second-order valence-electron chi connectivity index (χ2n) is 3.87. The van der Waals surface area contributed by atoms with Crippen LogP contribution in [0, 0.1) is 10.1 Å². The topological polar surface area (TPSA) is 110 Å². The lowest BCUT2D eigenvalue weighted by Crippen LogP contribution is -2.35. The Labute approximate surface area is 107 Å². The molecular weight excluding hydrogens is 254 g/mol. The Morgan fingerprint density at radius 2 is 1.95 bits per heavy atom. The third-order valence-corrected chi connectivity index (χ3v) is 2.64. The van der Waals surface area contributed by atoms with E-state index in [1.807, 2.05) is 0 Å². The van der Waals surface area contributed by atoms with Crippen molar-refractivity contribution in [1.29, 1.82) is 0 Å². The van der Waals surface area contributed by atoms with Crippen LogP contribution < -0.4 is 5.32 Å². The van der Waals surface area contributed by atoms with Gasteiger partial charge in [-0.1, -0.05) is 0 Å². The standard InChI is InChI=1S/C11H9N3O5/c15-9(6-13-10(16)5-12-11(13)17)7-1-3-8(4-2-7)14(18)19/h1-4H,5-6H2,(H,12,17). The van der Waals surface area contributed by atoms with Crippen LogP contribution in [0.25, 0.3) is 0 Å². The molecule has 0 aliphatic carbocycles. The van der Waals surface area contributed by atoms with Crippen LogP contribution in [0.4, 0.5) is 10.5 Å². The molecule has 1 aliphatic rings. The summed E-state index contributed by atoms with van der Waals surface area (Å²) in [6.45, 7) is -0.491. The fourth-order valence-electron chi connectivity index (χ4n) is 1.62. The van der Waals surface area contributed by atoms with Gasteiger partial charge in [0, 0.05) is 17.7 Å². The number of imide groups is 1. The number of carbonyl (C=O) groups is 3. The van der Waals surface area contributed by atoms with Crippen LogP contribution >= 0.6 is 0 Å². The molecule has 2 rings (SSSR count). The molecule has 1 aliphatic heterocycles.